The van der Waals surface area contributed by atoms with E-state index in [1.807, 2.05) is 31.9 Å². The number of ether oxygens (including phenoxy) is 1. The summed E-state index contributed by atoms with van der Waals surface area (Å²) in [5, 5.41) is 3.34. The lowest BCUT2D eigenvalue weighted by molar-refractivity contribution is -0.129. The van der Waals surface area contributed by atoms with Crippen LogP contribution >= 0.6 is 0 Å². The first kappa shape index (κ1) is 18.9. The summed E-state index contributed by atoms with van der Waals surface area (Å²) >= 11 is 0. The molecule has 0 saturated carbocycles. The van der Waals surface area contributed by atoms with E-state index in [4.69, 9.17) is 4.74 Å². The Morgan fingerprint density at radius 3 is 2.78 bits per heavy atom. The van der Waals surface area contributed by atoms with Crippen molar-refractivity contribution >= 4 is 17.5 Å². The summed E-state index contributed by atoms with van der Waals surface area (Å²) in [4.78, 5) is 24.3. The lowest BCUT2D eigenvalue weighted by Crippen LogP contribution is -2.48. The zero-order valence-electron chi connectivity index (χ0n) is 16.4. The van der Waals surface area contributed by atoms with E-state index in [9.17, 15) is 4.79 Å². The van der Waals surface area contributed by atoms with Gasteiger partial charge >= 0.3 is 0 Å². The van der Waals surface area contributed by atoms with Gasteiger partial charge in [-0.3, -0.25) is 4.79 Å². The van der Waals surface area contributed by atoms with Gasteiger partial charge in [-0.2, -0.15) is 0 Å². The summed E-state index contributed by atoms with van der Waals surface area (Å²) in [6.07, 6.45) is 1.65. The van der Waals surface area contributed by atoms with Gasteiger partial charge < -0.3 is 19.9 Å². The molecule has 1 aliphatic heterocycles. The second-order valence-electron chi connectivity index (χ2n) is 7.13. The van der Waals surface area contributed by atoms with E-state index >= 15 is 0 Å². The Kier molecular flexibility index (Phi) is 5.78. The first-order chi connectivity index (χ1) is 12.9. The molecule has 7 nitrogen and oxygen atoms in total. The zero-order chi connectivity index (χ0) is 19.4. The molecule has 0 atom stereocenters. The predicted molar refractivity (Wildman–Crippen MR) is 106 cm³/mol. The van der Waals surface area contributed by atoms with Gasteiger partial charge in [0.05, 0.1) is 12.6 Å². The summed E-state index contributed by atoms with van der Waals surface area (Å²) in [7, 11) is 1.82. The third kappa shape index (κ3) is 4.87. The number of hydrogen-bond acceptors (Lipinski definition) is 6. The van der Waals surface area contributed by atoms with Crippen LogP contribution in [0.5, 0.6) is 5.75 Å². The highest BCUT2D eigenvalue weighted by Crippen LogP contribution is 2.23. The van der Waals surface area contributed by atoms with E-state index in [2.05, 4.69) is 40.4 Å². The van der Waals surface area contributed by atoms with Crippen LogP contribution in [0.1, 0.15) is 25.0 Å². The van der Waals surface area contributed by atoms with Crippen molar-refractivity contribution in [2.24, 2.45) is 0 Å². The van der Waals surface area contributed by atoms with Crippen LogP contribution in [0.15, 0.2) is 30.6 Å². The molecule has 7 heteroatoms. The Balaban J connectivity index is 1.70. The summed E-state index contributed by atoms with van der Waals surface area (Å²) in [5.74, 6) is 2.47. The van der Waals surface area contributed by atoms with Gasteiger partial charge in [0.15, 0.2) is 0 Å². The fraction of sp³-hybridized carbons (Fsp3) is 0.450. The first-order valence-corrected chi connectivity index (χ1v) is 9.23. The number of aromatic nitrogens is 2. The Morgan fingerprint density at radius 2 is 2.04 bits per heavy atom. The van der Waals surface area contributed by atoms with Crippen LogP contribution in [0.25, 0.3) is 0 Å². The van der Waals surface area contributed by atoms with Crippen molar-refractivity contribution in [1.29, 1.82) is 0 Å². The van der Waals surface area contributed by atoms with Crippen LogP contribution in [0.2, 0.25) is 0 Å². The van der Waals surface area contributed by atoms with Crippen LogP contribution in [-0.2, 0) is 11.3 Å². The second kappa shape index (κ2) is 8.24. The molecule has 1 aromatic heterocycles. The summed E-state index contributed by atoms with van der Waals surface area (Å²) in [5.41, 5.74) is 2.24. The minimum absolute atomic E-state index is 0.101. The molecule has 1 saturated heterocycles. The van der Waals surface area contributed by atoms with Crippen LogP contribution in [0, 0.1) is 6.92 Å². The third-order valence-electron chi connectivity index (χ3n) is 4.48. The molecule has 2 heterocycles. The Hall–Kier alpha value is -2.83. The largest absolute Gasteiger partial charge is 0.491 e. The monoisotopic (exact) mass is 369 g/mol. The quantitative estimate of drug-likeness (QED) is 0.843. The van der Waals surface area contributed by atoms with E-state index in [1.165, 1.54) is 11.9 Å². The molecule has 0 spiro atoms. The number of anilines is 2. The minimum atomic E-state index is 0.101. The normalized spacial score (nSPS) is 14.6. The highest BCUT2D eigenvalue weighted by molar-refractivity contribution is 5.82. The van der Waals surface area contributed by atoms with Gasteiger partial charge in [0.25, 0.3) is 0 Å². The molecule has 0 aliphatic carbocycles. The molecule has 144 valence electrons. The molecule has 0 bridgehead atoms. The van der Waals surface area contributed by atoms with Gasteiger partial charge in [-0.25, -0.2) is 9.97 Å². The maximum Gasteiger partial charge on any atom is 0.241 e. The number of hydrogen-bond donors (Lipinski definition) is 1. The van der Waals surface area contributed by atoms with Crippen LogP contribution in [0.4, 0.5) is 11.6 Å². The van der Waals surface area contributed by atoms with E-state index in [1.54, 1.807) is 4.90 Å². The lowest BCUT2D eigenvalue weighted by atomic mass is 10.1. The van der Waals surface area contributed by atoms with E-state index in [0.29, 0.717) is 19.6 Å². The van der Waals surface area contributed by atoms with Crippen LogP contribution < -0.4 is 15.0 Å². The van der Waals surface area contributed by atoms with Gasteiger partial charge in [-0.1, -0.05) is 12.1 Å². The number of carbonyl (C=O) groups excluding carboxylic acids is 1. The van der Waals surface area contributed by atoms with Crippen molar-refractivity contribution in [3.8, 4) is 5.75 Å². The molecule has 1 fully saturated rings. The minimum Gasteiger partial charge on any atom is -0.491 e. The molecular formula is C20H27N5O2. The molecule has 0 unspecified atom stereocenters. The maximum atomic E-state index is 11.9. The van der Waals surface area contributed by atoms with Crippen molar-refractivity contribution in [3.63, 3.8) is 0 Å². The Morgan fingerprint density at radius 1 is 1.22 bits per heavy atom. The Labute approximate surface area is 160 Å². The van der Waals surface area contributed by atoms with E-state index < -0.39 is 0 Å². The number of carbonyl (C=O) groups is 1. The number of likely N-dealkylation sites (N-methyl/N-ethyl adjacent to an activating group) is 1. The average molecular weight is 369 g/mol. The molecule has 27 heavy (non-hydrogen) atoms. The average Bonchev–Trinajstić information content (AvgIpc) is 2.63. The van der Waals surface area contributed by atoms with Crippen molar-refractivity contribution < 1.29 is 9.53 Å². The number of benzene rings is 1. The standard InChI is InChI=1S/C20H27N5O2/c1-14(2)27-17-9-15(3)5-6-16(17)11-21-18-10-19(23-13-22-18)25-8-7-24(4)20(26)12-25/h5-6,9-10,13-14H,7-8,11-12H2,1-4H3,(H,21,22,23). The van der Waals surface area contributed by atoms with Gasteiger partial charge in [0, 0.05) is 38.3 Å². The highest BCUT2D eigenvalue weighted by atomic mass is 16.5. The summed E-state index contributed by atoms with van der Waals surface area (Å²) in [6, 6.07) is 8.08. The number of aryl methyl sites for hydroxylation is 1. The molecule has 1 amide bonds. The van der Waals surface area contributed by atoms with Crippen LogP contribution in [0.3, 0.4) is 0 Å². The number of amides is 1. The van der Waals surface area contributed by atoms with Gasteiger partial charge in [0.2, 0.25) is 5.91 Å². The smallest absolute Gasteiger partial charge is 0.241 e. The SMILES string of the molecule is Cc1ccc(CNc2cc(N3CCN(C)C(=O)C3)ncn2)c(OC(C)C)c1. The van der Waals surface area contributed by atoms with Crippen molar-refractivity contribution in [2.45, 2.75) is 33.4 Å². The van der Waals surface area contributed by atoms with Crippen LogP contribution in [-0.4, -0.2) is 53.6 Å². The number of nitrogens with one attached hydrogen (secondary N) is 1. The first-order valence-electron chi connectivity index (χ1n) is 9.23. The van der Waals surface area contributed by atoms with Crippen molar-refractivity contribution in [1.82, 2.24) is 14.9 Å². The fourth-order valence-corrected chi connectivity index (χ4v) is 2.93. The van der Waals surface area contributed by atoms with E-state index in [-0.39, 0.29) is 12.0 Å². The maximum absolute atomic E-state index is 11.9. The molecule has 0 radical (unpaired) electrons. The number of rotatable bonds is 6. The molecule has 3 rings (SSSR count). The molecule has 2 aromatic rings. The van der Waals surface area contributed by atoms with Gasteiger partial charge in [-0.05, 0) is 32.4 Å². The van der Waals surface area contributed by atoms with Gasteiger partial charge in [-0.15, -0.1) is 0 Å². The third-order valence-corrected chi connectivity index (χ3v) is 4.48. The zero-order valence-corrected chi connectivity index (χ0v) is 16.4. The second-order valence-corrected chi connectivity index (χ2v) is 7.13. The molecular weight excluding hydrogens is 342 g/mol. The van der Waals surface area contributed by atoms with Gasteiger partial charge in [0.1, 0.15) is 23.7 Å². The lowest BCUT2D eigenvalue weighted by Gasteiger charge is -2.32. The van der Waals surface area contributed by atoms with E-state index in [0.717, 1.165) is 29.5 Å². The fourth-order valence-electron chi connectivity index (χ4n) is 2.93. The topological polar surface area (TPSA) is 70.6 Å². The number of piperazine rings is 1. The van der Waals surface area contributed by atoms with Crippen molar-refractivity contribution in [3.05, 3.63) is 41.7 Å². The molecule has 1 aliphatic rings. The number of nitrogens with zero attached hydrogens (tertiary/aromatic N) is 4. The summed E-state index contributed by atoms with van der Waals surface area (Å²) in [6.45, 7) is 8.51. The summed E-state index contributed by atoms with van der Waals surface area (Å²) < 4.78 is 5.93. The van der Waals surface area contributed by atoms with Crippen molar-refractivity contribution in [2.75, 3.05) is 36.9 Å². The molecule has 1 N–H and O–H groups in total. The molecule has 1 aromatic carbocycles. The predicted octanol–water partition coefficient (Wildman–Crippen LogP) is 2.46. The highest BCUT2D eigenvalue weighted by Gasteiger charge is 2.22. The Bertz CT molecular complexity index is 809.